The fourth-order valence-corrected chi connectivity index (χ4v) is 2.49. The summed E-state index contributed by atoms with van der Waals surface area (Å²) in [6.45, 7) is 1.58. The van der Waals surface area contributed by atoms with E-state index in [4.69, 9.17) is 9.47 Å². The van der Waals surface area contributed by atoms with Gasteiger partial charge in [-0.2, -0.15) is 18.3 Å². The van der Waals surface area contributed by atoms with Crippen LogP contribution in [0.3, 0.4) is 0 Å². The van der Waals surface area contributed by atoms with Gasteiger partial charge in [-0.3, -0.25) is 4.79 Å². The standard InChI is InChI=1S/C23H19F3N2O3/c1-16(22(29)28-27-15-17-5-3-2-4-6-17)30-19-11-13-21(14-12-19)31-20-9-7-18(8-10-20)23(24,25)26/h2-16H,1H3,(H,28,29). The average molecular weight is 428 g/mol. The van der Waals surface area contributed by atoms with E-state index in [-0.39, 0.29) is 5.75 Å². The lowest BCUT2D eigenvalue weighted by molar-refractivity contribution is -0.137. The van der Waals surface area contributed by atoms with Crippen LogP contribution >= 0.6 is 0 Å². The van der Waals surface area contributed by atoms with Crippen LogP contribution in [0.4, 0.5) is 13.2 Å². The zero-order chi connectivity index (χ0) is 22.3. The number of carbonyl (C=O) groups excluding carboxylic acids is 1. The molecule has 0 aromatic heterocycles. The Morgan fingerprint density at radius 3 is 2.03 bits per heavy atom. The molecule has 1 amide bonds. The molecular weight excluding hydrogens is 409 g/mol. The molecule has 8 heteroatoms. The molecule has 0 radical (unpaired) electrons. The average Bonchev–Trinajstić information content (AvgIpc) is 2.75. The van der Waals surface area contributed by atoms with Crippen LogP contribution in [0.25, 0.3) is 0 Å². The molecule has 1 unspecified atom stereocenters. The number of hydrogen-bond acceptors (Lipinski definition) is 4. The van der Waals surface area contributed by atoms with Crippen LogP contribution in [-0.4, -0.2) is 18.2 Å². The summed E-state index contributed by atoms with van der Waals surface area (Å²) in [6.07, 6.45) is -3.67. The van der Waals surface area contributed by atoms with Gasteiger partial charge in [0.1, 0.15) is 17.2 Å². The molecule has 0 heterocycles. The molecule has 160 valence electrons. The van der Waals surface area contributed by atoms with Gasteiger partial charge in [-0.05, 0) is 61.0 Å². The van der Waals surface area contributed by atoms with Crippen molar-refractivity contribution in [3.05, 3.63) is 90.0 Å². The number of nitrogens with one attached hydrogen (secondary N) is 1. The van der Waals surface area contributed by atoms with Crippen molar-refractivity contribution in [1.82, 2.24) is 5.43 Å². The first-order valence-electron chi connectivity index (χ1n) is 9.31. The van der Waals surface area contributed by atoms with Crippen LogP contribution < -0.4 is 14.9 Å². The highest BCUT2D eigenvalue weighted by Gasteiger charge is 2.30. The van der Waals surface area contributed by atoms with Gasteiger partial charge in [-0.15, -0.1) is 0 Å². The van der Waals surface area contributed by atoms with E-state index in [1.54, 1.807) is 31.2 Å². The zero-order valence-electron chi connectivity index (χ0n) is 16.5. The molecule has 0 saturated carbocycles. The van der Waals surface area contributed by atoms with Crippen LogP contribution in [0.5, 0.6) is 17.2 Å². The molecule has 1 atom stereocenters. The molecule has 0 saturated heterocycles. The number of benzene rings is 3. The van der Waals surface area contributed by atoms with Gasteiger partial charge in [0.15, 0.2) is 6.10 Å². The molecule has 0 bridgehead atoms. The van der Waals surface area contributed by atoms with E-state index in [1.807, 2.05) is 30.3 Å². The number of hydrogen-bond donors (Lipinski definition) is 1. The molecular formula is C23H19F3N2O3. The third-order valence-corrected chi connectivity index (χ3v) is 4.11. The molecule has 0 aliphatic carbocycles. The largest absolute Gasteiger partial charge is 0.481 e. The molecule has 5 nitrogen and oxygen atoms in total. The Bertz CT molecular complexity index is 1020. The number of hydrazone groups is 1. The van der Waals surface area contributed by atoms with Gasteiger partial charge in [0, 0.05) is 0 Å². The van der Waals surface area contributed by atoms with Crippen molar-refractivity contribution in [2.45, 2.75) is 19.2 Å². The summed E-state index contributed by atoms with van der Waals surface area (Å²) < 4.78 is 48.9. The lowest BCUT2D eigenvalue weighted by Crippen LogP contribution is -2.33. The lowest BCUT2D eigenvalue weighted by Gasteiger charge is -2.13. The topological polar surface area (TPSA) is 59.9 Å². The van der Waals surface area contributed by atoms with Gasteiger partial charge in [0.25, 0.3) is 5.91 Å². The predicted molar refractivity (Wildman–Crippen MR) is 110 cm³/mol. The maximum absolute atomic E-state index is 12.6. The van der Waals surface area contributed by atoms with E-state index < -0.39 is 23.8 Å². The summed E-state index contributed by atoms with van der Waals surface area (Å²) in [4.78, 5) is 12.1. The molecule has 0 fully saturated rings. The smallest absolute Gasteiger partial charge is 0.416 e. The number of ether oxygens (including phenoxy) is 2. The van der Waals surface area contributed by atoms with Gasteiger partial charge in [-0.1, -0.05) is 30.3 Å². The van der Waals surface area contributed by atoms with Crippen molar-refractivity contribution in [3.8, 4) is 17.2 Å². The second kappa shape index (κ2) is 9.80. The predicted octanol–water partition coefficient (Wildman–Crippen LogP) is 5.42. The molecule has 3 aromatic rings. The molecule has 3 aromatic carbocycles. The van der Waals surface area contributed by atoms with Gasteiger partial charge in [-0.25, -0.2) is 5.43 Å². The Balaban J connectivity index is 1.51. The SMILES string of the molecule is CC(Oc1ccc(Oc2ccc(C(F)(F)F)cc2)cc1)C(=O)NN=Cc1ccccc1. The number of halogens is 3. The summed E-state index contributed by atoms with van der Waals surface area (Å²) in [6, 6.07) is 20.1. The van der Waals surface area contributed by atoms with Crippen LogP contribution in [0, 0.1) is 0 Å². The van der Waals surface area contributed by atoms with Crippen molar-refractivity contribution >= 4 is 12.1 Å². The fraction of sp³-hybridized carbons (Fsp3) is 0.130. The Labute approximate surface area is 177 Å². The highest BCUT2D eigenvalue weighted by Crippen LogP contribution is 2.31. The number of amides is 1. The zero-order valence-corrected chi connectivity index (χ0v) is 16.5. The van der Waals surface area contributed by atoms with Gasteiger partial charge in [0.05, 0.1) is 11.8 Å². The second-order valence-electron chi connectivity index (χ2n) is 6.50. The minimum absolute atomic E-state index is 0.269. The molecule has 0 spiro atoms. The van der Waals surface area contributed by atoms with Gasteiger partial charge in [0.2, 0.25) is 0 Å². The van der Waals surface area contributed by atoms with Crippen molar-refractivity contribution in [2.75, 3.05) is 0 Å². The third-order valence-electron chi connectivity index (χ3n) is 4.11. The lowest BCUT2D eigenvalue weighted by atomic mass is 10.2. The highest BCUT2D eigenvalue weighted by molar-refractivity contribution is 5.84. The fourth-order valence-electron chi connectivity index (χ4n) is 2.49. The minimum atomic E-state index is -4.40. The van der Waals surface area contributed by atoms with E-state index in [0.29, 0.717) is 11.5 Å². The van der Waals surface area contributed by atoms with Crippen molar-refractivity contribution in [2.24, 2.45) is 5.10 Å². The van der Waals surface area contributed by atoms with E-state index in [0.717, 1.165) is 17.7 Å². The Hall–Kier alpha value is -3.81. The monoisotopic (exact) mass is 428 g/mol. The normalized spacial score (nSPS) is 12.4. The van der Waals surface area contributed by atoms with Crippen molar-refractivity contribution < 1.29 is 27.4 Å². The van der Waals surface area contributed by atoms with Gasteiger partial charge < -0.3 is 9.47 Å². The summed E-state index contributed by atoms with van der Waals surface area (Å²) >= 11 is 0. The molecule has 1 N–H and O–H groups in total. The summed E-state index contributed by atoms with van der Waals surface area (Å²) in [7, 11) is 0. The van der Waals surface area contributed by atoms with Crippen LogP contribution in [-0.2, 0) is 11.0 Å². The Morgan fingerprint density at radius 2 is 1.45 bits per heavy atom. The van der Waals surface area contributed by atoms with Crippen LogP contribution in [0.15, 0.2) is 84.0 Å². The van der Waals surface area contributed by atoms with E-state index in [1.165, 1.54) is 18.3 Å². The quantitative estimate of drug-likeness (QED) is 0.404. The Morgan fingerprint density at radius 1 is 0.903 bits per heavy atom. The van der Waals surface area contributed by atoms with Crippen LogP contribution in [0.2, 0.25) is 0 Å². The third kappa shape index (κ3) is 6.60. The minimum Gasteiger partial charge on any atom is -0.481 e. The number of rotatable bonds is 7. The van der Waals surface area contributed by atoms with E-state index >= 15 is 0 Å². The van der Waals surface area contributed by atoms with Gasteiger partial charge >= 0.3 is 6.18 Å². The first kappa shape index (κ1) is 21.9. The highest BCUT2D eigenvalue weighted by atomic mass is 19.4. The Kier molecular flexibility index (Phi) is 6.92. The molecule has 0 aliphatic heterocycles. The summed E-state index contributed by atoms with van der Waals surface area (Å²) in [5.41, 5.74) is 2.51. The van der Waals surface area contributed by atoms with E-state index in [9.17, 15) is 18.0 Å². The maximum atomic E-state index is 12.6. The first-order chi connectivity index (χ1) is 14.8. The summed E-state index contributed by atoms with van der Waals surface area (Å²) in [5, 5.41) is 3.89. The number of nitrogens with zero attached hydrogens (tertiary/aromatic N) is 1. The molecule has 0 aliphatic rings. The van der Waals surface area contributed by atoms with Crippen molar-refractivity contribution in [1.29, 1.82) is 0 Å². The first-order valence-corrected chi connectivity index (χ1v) is 9.31. The second-order valence-corrected chi connectivity index (χ2v) is 6.50. The summed E-state index contributed by atoms with van der Waals surface area (Å²) in [5.74, 6) is 0.689. The number of carbonyl (C=O) groups is 1. The van der Waals surface area contributed by atoms with E-state index in [2.05, 4.69) is 10.5 Å². The van der Waals surface area contributed by atoms with Crippen molar-refractivity contribution in [3.63, 3.8) is 0 Å². The number of alkyl halides is 3. The molecule has 3 rings (SSSR count). The molecule has 31 heavy (non-hydrogen) atoms. The maximum Gasteiger partial charge on any atom is 0.416 e. The van der Waals surface area contributed by atoms with Crippen LogP contribution in [0.1, 0.15) is 18.1 Å².